The quantitative estimate of drug-likeness (QED) is 0.720. The Hall–Kier alpha value is -1.75. The standard InChI is InChI=1S/C14H20N2O3/c1-16-7-3-2-4-10(16)9-15-14(19)12-8-11(17)5-6-13(12)18/h5-6,8,10,17-18H,2-4,7,9H2,1H3,(H,15,19). The maximum atomic E-state index is 12.0. The monoisotopic (exact) mass is 264 g/mol. The minimum atomic E-state index is -0.354. The van der Waals surface area contributed by atoms with E-state index in [0.717, 1.165) is 13.0 Å². The molecule has 1 aromatic rings. The summed E-state index contributed by atoms with van der Waals surface area (Å²) in [6.07, 6.45) is 3.46. The fraction of sp³-hybridized carbons (Fsp3) is 0.500. The maximum absolute atomic E-state index is 12.0. The van der Waals surface area contributed by atoms with E-state index in [-0.39, 0.29) is 23.0 Å². The molecule has 1 atom stereocenters. The Bertz CT molecular complexity index is 462. The first kappa shape index (κ1) is 13.7. The lowest BCUT2D eigenvalue weighted by atomic mass is 10.0. The van der Waals surface area contributed by atoms with Crippen molar-refractivity contribution >= 4 is 5.91 Å². The van der Waals surface area contributed by atoms with Crippen LogP contribution in [-0.4, -0.2) is 47.2 Å². The number of phenols is 2. The summed E-state index contributed by atoms with van der Waals surface area (Å²) in [6.45, 7) is 1.61. The lowest BCUT2D eigenvalue weighted by Crippen LogP contribution is -2.44. The number of nitrogens with one attached hydrogen (secondary N) is 1. The van der Waals surface area contributed by atoms with Crippen molar-refractivity contribution in [3.05, 3.63) is 23.8 Å². The lowest BCUT2D eigenvalue weighted by Gasteiger charge is -2.32. The highest BCUT2D eigenvalue weighted by molar-refractivity contribution is 5.97. The van der Waals surface area contributed by atoms with E-state index in [2.05, 4.69) is 17.3 Å². The Morgan fingerprint density at radius 3 is 2.95 bits per heavy atom. The van der Waals surface area contributed by atoms with E-state index in [1.807, 2.05) is 0 Å². The van der Waals surface area contributed by atoms with Crippen LogP contribution in [0.4, 0.5) is 0 Å². The van der Waals surface area contributed by atoms with Crippen molar-refractivity contribution < 1.29 is 15.0 Å². The van der Waals surface area contributed by atoms with E-state index in [4.69, 9.17) is 0 Å². The minimum absolute atomic E-state index is 0.0299. The lowest BCUT2D eigenvalue weighted by molar-refractivity contribution is 0.0925. The highest BCUT2D eigenvalue weighted by Crippen LogP contribution is 2.22. The molecule has 0 saturated carbocycles. The molecular formula is C14H20N2O3. The number of amides is 1. The summed E-state index contributed by atoms with van der Waals surface area (Å²) in [5.74, 6) is -0.502. The van der Waals surface area contributed by atoms with E-state index in [1.165, 1.54) is 31.0 Å². The highest BCUT2D eigenvalue weighted by atomic mass is 16.3. The number of likely N-dealkylation sites (tertiary alicyclic amines) is 1. The second kappa shape index (κ2) is 5.93. The van der Waals surface area contributed by atoms with Crippen LogP contribution in [0.2, 0.25) is 0 Å². The van der Waals surface area contributed by atoms with Gasteiger partial charge in [0, 0.05) is 12.6 Å². The smallest absolute Gasteiger partial charge is 0.255 e. The van der Waals surface area contributed by atoms with Crippen LogP contribution in [0.15, 0.2) is 18.2 Å². The van der Waals surface area contributed by atoms with Crippen LogP contribution in [0.1, 0.15) is 29.6 Å². The summed E-state index contributed by atoms with van der Waals surface area (Å²) in [5.41, 5.74) is 0.110. The fourth-order valence-electron chi connectivity index (χ4n) is 2.41. The Balaban J connectivity index is 1.95. The summed E-state index contributed by atoms with van der Waals surface area (Å²) >= 11 is 0. The van der Waals surface area contributed by atoms with Gasteiger partial charge in [-0.2, -0.15) is 0 Å². The van der Waals surface area contributed by atoms with Gasteiger partial charge in [-0.05, 0) is 44.6 Å². The zero-order chi connectivity index (χ0) is 13.8. The normalized spacial score (nSPS) is 20.2. The molecular weight excluding hydrogens is 244 g/mol. The van der Waals surface area contributed by atoms with Gasteiger partial charge >= 0.3 is 0 Å². The molecule has 104 valence electrons. The van der Waals surface area contributed by atoms with Gasteiger partial charge in [-0.3, -0.25) is 4.79 Å². The van der Waals surface area contributed by atoms with E-state index in [1.54, 1.807) is 0 Å². The van der Waals surface area contributed by atoms with Crippen molar-refractivity contribution in [2.75, 3.05) is 20.1 Å². The third-order valence-electron chi connectivity index (χ3n) is 3.64. The molecule has 0 spiro atoms. The zero-order valence-electron chi connectivity index (χ0n) is 11.1. The van der Waals surface area contributed by atoms with E-state index in [9.17, 15) is 15.0 Å². The number of rotatable bonds is 3. The number of aromatic hydroxyl groups is 2. The molecule has 1 aromatic carbocycles. The summed E-state index contributed by atoms with van der Waals surface area (Å²) in [5, 5.41) is 21.8. The molecule has 0 radical (unpaired) electrons. The number of hydrogen-bond acceptors (Lipinski definition) is 4. The molecule has 1 heterocycles. The Morgan fingerprint density at radius 2 is 2.21 bits per heavy atom. The molecule has 2 rings (SSSR count). The Morgan fingerprint density at radius 1 is 1.42 bits per heavy atom. The first-order valence-corrected chi connectivity index (χ1v) is 6.58. The number of carbonyl (C=O) groups is 1. The summed E-state index contributed by atoms with van der Waals surface area (Å²) < 4.78 is 0. The molecule has 1 unspecified atom stereocenters. The van der Waals surface area contributed by atoms with Crippen molar-refractivity contribution in [3.8, 4) is 11.5 Å². The average Bonchev–Trinajstić information content (AvgIpc) is 2.40. The van der Waals surface area contributed by atoms with Crippen LogP contribution in [-0.2, 0) is 0 Å². The van der Waals surface area contributed by atoms with Gasteiger partial charge < -0.3 is 20.4 Å². The topological polar surface area (TPSA) is 72.8 Å². The molecule has 5 heteroatoms. The van der Waals surface area contributed by atoms with Crippen LogP contribution in [0.5, 0.6) is 11.5 Å². The third-order valence-corrected chi connectivity index (χ3v) is 3.64. The third kappa shape index (κ3) is 3.38. The van der Waals surface area contributed by atoms with Gasteiger partial charge in [-0.1, -0.05) is 6.42 Å². The van der Waals surface area contributed by atoms with Gasteiger partial charge in [0.25, 0.3) is 5.91 Å². The molecule has 0 aromatic heterocycles. The number of hydrogen-bond donors (Lipinski definition) is 3. The van der Waals surface area contributed by atoms with Gasteiger partial charge in [-0.15, -0.1) is 0 Å². The molecule has 3 N–H and O–H groups in total. The van der Waals surface area contributed by atoms with Crippen molar-refractivity contribution in [1.82, 2.24) is 10.2 Å². The van der Waals surface area contributed by atoms with Crippen LogP contribution < -0.4 is 5.32 Å². The van der Waals surface area contributed by atoms with Gasteiger partial charge in [0.15, 0.2) is 0 Å². The first-order chi connectivity index (χ1) is 9.08. The van der Waals surface area contributed by atoms with Crippen LogP contribution in [0, 0.1) is 0 Å². The van der Waals surface area contributed by atoms with Gasteiger partial charge in [0.1, 0.15) is 11.5 Å². The van der Waals surface area contributed by atoms with Gasteiger partial charge in [0.2, 0.25) is 0 Å². The molecule has 1 fully saturated rings. The molecule has 1 saturated heterocycles. The predicted molar refractivity (Wildman–Crippen MR) is 72.4 cm³/mol. The minimum Gasteiger partial charge on any atom is -0.508 e. The Kier molecular flexibility index (Phi) is 4.27. The second-order valence-corrected chi connectivity index (χ2v) is 5.04. The van der Waals surface area contributed by atoms with Crippen LogP contribution in [0.25, 0.3) is 0 Å². The largest absolute Gasteiger partial charge is 0.508 e. The van der Waals surface area contributed by atoms with Gasteiger partial charge in [0.05, 0.1) is 5.56 Å². The first-order valence-electron chi connectivity index (χ1n) is 6.58. The number of phenolic OH excluding ortho intramolecular Hbond substituents is 2. The van der Waals surface area contributed by atoms with Crippen LogP contribution in [0.3, 0.4) is 0 Å². The average molecular weight is 264 g/mol. The number of benzene rings is 1. The van der Waals surface area contributed by atoms with E-state index >= 15 is 0 Å². The molecule has 1 amide bonds. The number of likely N-dealkylation sites (N-methyl/N-ethyl adjacent to an activating group) is 1. The molecule has 5 nitrogen and oxygen atoms in total. The Labute approximate surface area is 112 Å². The van der Waals surface area contributed by atoms with Crippen molar-refractivity contribution in [3.63, 3.8) is 0 Å². The van der Waals surface area contributed by atoms with Crippen molar-refractivity contribution in [2.24, 2.45) is 0 Å². The molecule has 0 bridgehead atoms. The summed E-state index contributed by atoms with van der Waals surface area (Å²) in [6, 6.07) is 4.28. The van der Waals surface area contributed by atoms with E-state index < -0.39 is 0 Å². The summed E-state index contributed by atoms with van der Waals surface area (Å²) in [7, 11) is 2.06. The second-order valence-electron chi connectivity index (χ2n) is 5.04. The van der Waals surface area contributed by atoms with Crippen molar-refractivity contribution in [2.45, 2.75) is 25.3 Å². The van der Waals surface area contributed by atoms with Crippen molar-refractivity contribution in [1.29, 1.82) is 0 Å². The van der Waals surface area contributed by atoms with Gasteiger partial charge in [-0.25, -0.2) is 0 Å². The number of piperidine rings is 1. The predicted octanol–water partition coefficient (Wildman–Crippen LogP) is 1.31. The molecule has 1 aliphatic heterocycles. The molecule has 19 heavy (non-hydrogen) atoms. The fourth-order valence-corrected chi connectivity index (χ4v) is 2.41. The highest BCUT2D eigenvalue weighted by Gasteiger charge is 2.20. The number of carbonyl (C=O) groups excluding carboxylic acids is 1. The molecule has 0 aliphatic carbocycles. The maximum Gasteiger partial charge on any atom is 0.255 e. The zero-order valence-corrected chi connectivity index (χ0v) is 11.1. The summed E-state index contributed by atoms with van der Waals surface area (Å²) in [4.78, 5) is 14.2. The number of nitrogens with zero attached hydrogens (tertiary/aromatic N) is 1. The van der Waals surface area contributed by atoms with Crippen LogP contribution >= 0.6 is 0 Å². The van der Waals surface area contributed by atoms with E-state index in [0.29, 0.717) is 12.6 Å². The molecule has 1 aliphatic rings. The SMILES string of the molecule is CN1CCCCC1CNC(=O)c1cc(O)ccc1O.